The number of nitrogen functional groups attached to an aromatic ring is 1. The van der Waals surface area contributed by atoms with Gasteiger partial charge in [0.1, 0.15) is 11.3 Å². The van der Waals surface area contributed by atoms with Gasteiger partial charge in [0, 0.05) is 18.2 Å². The van der Waals surface area contributed by atoms with E-state index < -0.39 is 0 Å². The highest BCUT2D eigenvalue weighted by atomic mass is 19.1. The van der Waals surface area contributed by atoms with Gasteiger partial charge in [-0.2, -0.15) is 0 Å². The molecule has 0 amide bonds. The molecule has 1 aliphatic rings. The van der Waals surface area contributed by atoms with Gasteiger partial charge in [0.25, 0.3) is 0 Å². The molecule has 1 fully saturated rings. The minimum atomic E-state index is -0.255. The summed E-state index contributed by atoms with van der Waals surface area (Å²) in [4.78, 5) is 4.54. The third kappa shape index (κ3) is 2.07. The fourth-order valence-corrected chi connectivity index (χ4v) is 2.86. The van der Waals surface area contributed by atoms with Crippen LogP contribution in [0.1, 0.15) is 30.3 Å². The van der Waals surface area contributed by atoms with Crippen LogP contribution in [0.4, 0.5) is 10.1 Å². The second-order valence-electron chi connectivity index (χ2n) is 5.61. The number of hydrogen-bond donors (Lipinski definition) is 1. The molecule has 2 aromatic carbocycles. The van der Waals surface area contributed by atoms with Crippen LogP contribution in [0.15, 0.2) is 42.5 Å². The Morgan fingerprint density at radius 3 is 2.71 bits per heavy atom. The van der Waals surface area contributed by atoms with E-state index in [1.807, 2.05) is 30.3 Å². The smallest absolute Gasteiger partial charge is 0.151 e. The van der Waals surface area contributed by atoms with Gasteiger partial charge in [-0.25, -0.2) is 9.37 Å². The molecule has 0 spiro atoms. The number of anilines is 1. The zero-order chi connectivity index (χ0) is 14.4. The van der Waals surface area contributed by atoms with Crippen molar-refractivity contribution in [2.24, 2.45) is 0 Å². The first-order chi connectivity index (χ1) is 10.2. The van der Waals surface area contributed by atoms with Crippen molar-refractivity contribution < 1.29 is 4.39 Å². The third-order valence-corrected chi connectivity index (χ3v) is 4.06. The summed E-state index contributed by atoms with van der Waals surface area (Å²) in [6.07, 6.45) is 2.91. The Balaban J connectivity index is 1.86. The predicted octanol–water partition coefficient (Wildman–Crippen LogP) is 3.68. The fourth-order valence-electron chi connectivity index (χ4n) is 2.86. The van der Waals surface area contributed by atoms with Crippen molar-refractivity contribution in [3.63, 3.8) is 0 Å². The highest BCUT2D eigenvalue weighted by Crippen LogP contribution is 2.39. The molecule has 1 saturated carbocycles. The van der Waals surface area contributed by atoms with Gasteiger partial charge in [0.2, 0.25) is 0 Å². The molecule has 3 aromatic rings. The quantitative estimate of drug-likeness (QED) is 0.744. The van der Waals surface area contributed by atoms with E-state index in [4.69, 9.17) is 5.73 Å². The highest BCUT2D eigenvalue weighted by Gasteiger charge is 2.28. The van der Waals surface area contributed by atoms with Crippen molar-refractivity contribution in [3.8, 4) is 0 Å². The molecule has 1 aromatic heterocycles. The van der Waals surface area contributed by atoms with Crippen molar-refractivity contribution in [1.82, 2.24) is 9.55 Å². The zero-order valence-electron chi connectivity index (χ0n) is 11.6. The summed E-state index contributed by atoms with van der Waals surface area (Å²) in [6.45, 7) is 0. The number of hydrogen-bond acceptors (Lipinski definition) is 2. The molecule has 1 aliphatic carbocycles. The number of nitrogens with two attached hydrogens (primary N) is 1. The van der Waals surface area contributed by atoms with Gasteiger partial charge >= 0.3 is 0 Å². The van der Waals surface area contributed by atoms with Gasteiger partial charge in [0.15, 0.2) is 5.82 Å². The minimum absolute atomic E-state index is 0.255. The normalized spacial score (nSPS) is 14.7. The maximum atomic E-state index is 14.0. The summed E-state index contributed by atoms with van der Waals surface area (Å²) in [5, 5.41) is 0. The molecular weight excluding hydrogens is 265 g/mol. The largest absolute Gasteiger partial charge is 0.398 e. The van der Waals surface area contributed by atoms with E-state index in [0.29, 0.717) is 18.0 Å². The van der Waals surface area contributed by atoms with Crippen molar-refractivity contribution >= 4 is 16.7 Å². The lowest BCUT2D eigenvalue weighted by molar-refractivity contribution is 0.637. The molecule has 0 aliphatic heterocycles. The average molecular weight is 281 g/mol. The Morgan fingerprint density at radius 1 is 1.14 bits per heavy atom. The number of nitrogens with zero attached hydrogens (tertiary/aromatic N) is 2. The number of aromatic nitrogens is 2. The second kappa shape index (κ2) is 4.58. The molecule has 0 saturated heterocycles. The maximum Gasteiger partial charge on any atom is 0.151 e. The van der Waals surface area contributed by atoms with Gasteiger partial charge in [-0.1, -0.05) is 24.3 Å². The van der Waals surface area contributed by atoms with Crippen molar-refractivity contribution in [1.29, 1.82) is 0 Å². The van der Waals surface area contributed by atoms with E-state index in [2.05, 4.69) is 9.55 Å². The van der Waals surface area contributed by atoms with Crippen LogP contribution in [0, 0.1) is 5.82 Å². The summed E-state index contributed by atoms with van der Waals surface area (Å²) in [6, 6.07) is 13.4. The SMILES string of the molecule is Nc1ccccc1Cc1nc2c(F)cccc2n1C1CC1. The molecule has 0 unspecified atom stereocenters. The molecule has 4 rings (SSSR count). The van der Waals surface area contributed by atoms with Crippen molar-refractivity contribution in [2.45, 2.75) is 25.3 Å². The molecule has 1 heterocycles. The lowest BCUT2D eigenvalue weighted by Gasteiger charge is -2.09. The van der Waals surface area contributed by atoms with E-state index in [0.717, 1.165) is 35.4 Å². The van der Waals surface area contributed by atoms with Crippen LogP contribution in [0.3, 0.4) is 0 Å². The number of halogens is 1. The maximum absolute atomic E-state index is 14.0. The Kier molecular flexibility index (Phi) is 2.70. The molecule has 2 N–H and O–H groups in total. The lowest BCUT2D eigenvalue weighted by atomic mass is 10.1. The molecule has 21 heavy (non-hydrogen) atoms. The van der Waals surface area contributed by atoms with E-state index in [1.54, 1.807) is 6.07 Å². The van der Waals surface area contributed by atoms with Crippen LogP contribution < -0.4 is 5.73 Å². The van der Waals surface area contributed by atoms with Crippen LogP contribution >= 0.6 is 0 Å². The molecule has 106 valence electrons. The first-order valence-corrected chi connectivity index (χ1v) is 7.23. The predicted molar refractivity (Wildman–Crippen MR) is 81.6 cm³/mol. The van der Waals surface area contributed by atoms with E-state index in [1.165, 1.54) is 6.07 Å². The summed E-state index contributed by atoms with van der Waals surface area (Å²) in [5.74, 6) is 0.643. The Morgan fingerprint density at radius 2 is 1.95 bits per heavy atom. The summed E-state index contributed by atoms with van der Waals surface area (Å²) in [5.41, 5.74) is 9.17. The average Bonchev–Trinajstić information content (AvgIpc) is 3.24. The van der Waals surface area contributed by atoms with E-state index in [-0.39, 0.29) is 5.82 Å². The summed E-state index contributed by atoms with van der Waals surface area (Å²) >= 11 is 0. The molecule has 0 bridgehead atoms. The van der Waals surface area contributed by atoms with Crippen LogP contribution in [-0.2, 0) is 6.42 Å². The van der Waals surface area contributed by atoms with Crippen LogP contribution in [-0.4, -0.2) is 9.55 Å². The van der Waals surface area contributed by atoms with Crippen LogP contribution in [0.2, 0.25) is 0 Å². The molecule has 3 nitrogen and oxygen atoms in total. The number of imidazole rings is 1. The lowest BCUT2D eigenvalue weighted by Crippen LogP contribution is -2.04. The zero-order valence-corrected chi connectivity index (χ0v) is 11.6. The van der Waals surface area contributed by atoms with Gasteiger partial charge < -0.3 is 10.3 Å². The van der Waals surface area contributed by atoms with Crippen LogP contribution in [0.5, 0.6) is 0 Å². The topological polar surface area (TPSA) is 43.8 Å². The molecular formula is C17H16FN3. The molecule has 0 atom stereocenters. The second-order valence-corrected chi connectivity index (χ2v) is 5.61. The standard InChI is InChI=1S/C17H16FN3/c18-13-5-3-7-15-17(13)20-16(21(15)12-8-9-12)10-11-4-1-2-6-14(11)19/h1-7,12H,8-10,19H2. The van der Waals surface area contributed by atoms with E-state index >= 15 is 0 Å². The Bertz CT molecular complexity index is 818. The monoisotopic (exact) mass is 281 g/mol. The molecule has 0 radical (unpaired) electrons. The van der Waals surface area contributed by atoms with Gasteiger partial charge in [0.05, 0.1) is 5.52 Å². The number of rotatable bonds is 3. The summed E-state index contributed by atoms with van der Waals surface area (Å²) in [7, 11) is 0. The minimum Gasteiger partial charge on any atom is -0.398 e. The van der Waals surface area contributed by atoms with Crippen LogP contribution in [0.25, 0.3) is 11.0 Å². The van der Waals surface area contributed by atoms with Crippen molar-refractivity contribution in [2.75, 3.05) is 5.73 Å². The highest BCUT2D eigenvalue weighted by molar-refractivity contribution is 5.77. The van der Waals surface area contributed by atoms with Gasteiger partial charge in [-0.05, 0) is 36.6 Å². The Labute approximate surface area is 122 Å². The fraction of sp³-hybridized carbons (Fsp3) is 0.235. The third-order valence-electron chi connectivity index (χ3n) is 4.06. The molecule has 4 heteroatoms. The number of fused-ring (bicyclic) bond motifs is 1. The Hall–Kier alpha value is -2.36. The number of para-hydroxylation sites is 2. The summed E-state index contributed by atoms with van der Waals surface area (Å²) < 4.78 is 16.2. The van der Waals surface area contributed by atoms with Crippen molar-refractivity contribution in [3.05, 3.63) is 59.7 Å². The van der Waals surface area contributed by atoms with Gasteiger partial charge in [-0.15, -0.1) is 0 Å². The van der Waals surface area contributed by atoms with E-state index in [9.17, 15) is 4.39 Å². The first-order valence-electron chi connectivity index (χ1n) is 7.23. The van der Waals surface area contributed by atoms with Gasteiger partial charge in [-0.3, -0.25) is 0 Å². The first kappa shape index (κ1) is 12.4. The number of benzene rings is 2.